The number of aromatic amines is 1. The van der Waals surface area contributed by atoms with E-state index in [4.69, 9.17) is 5.73 Å². The zero-order valence-corrected chi connectivity index (χ0v) is 17.2. The van der Waals surface area contributed by atoms with Gasteiger partial charge in [-0.1, -0.05) is 30.3 Å². The average molecular weight is 412 g/mol. The molecule has 0 saturated carbocycles. The topological polar surface area (TPSA) is 143 Å². The molecule has 11 nitrogen and oxygen atoms in total. The highest BCUT2D eigenvalue weighted by Crippen LogP contribution is 2.27. The van der Waals surface area contributed by atoms with Crippen molar-refractivity contribution in [2.45, 2.75) is 6.54 Å². The van der Waals surface area contributed by atoms with Crippen LogP contribution in [-0.2, 0) is 20.6 Å². The van der Waals surface area contributed by atoms with Gasteiger partial charge in [0.15, 0.2) is 11.5 Å². The number of aromatic nitrogens is 4. The van der Waals surface area contributed by atoms with Crippen molar-refractivity contribution in [2.24, 2.45) is 14.1 Å². The van der Waals surface area contributed by atoms with Gasteiger partial charge in [-0.05, 0) is 5.56 Å². The molecule has 0 aliphatic carbocycles. The molecule has 3 rings (SSSR count). The number of nitrogens with two attached hydrogens (primary N) is 1. The maximum atomic E-state index is 12.7. The Bertz CT molecular complexity index is 1190. The molecule has 2 heterocycles. The van der Waals surface area contributed by atoms with Crippen LogP contribution in [0.25, 0.3) is 0 Å². The number of nitrogens with zero attached hydrogens (tertiary/aromatic N) is 4. The summed E-state index contributed by atoms with van der Waals surface area (Å²) in [6.45, 7) is 0.333. The van der Waals surface area contributed by atoms with Crippen molar-refractivity contribution in [1.82, 2.24) is 24.5 Å². The number of rotatable bonds is 6. The quantitative estimate of drug-likeness (QED) is 0.460. The molecule has 0 radical (unpaired) electrons. The van der Waals surface area contributed by atoms with Crippen LogP contribution in [0.5, 0.6) is 0 Å². The van der Waals surface area contributed by atoms with Crippen molar-refractivity contribution in [1.29, 1.82) is 0 Å². The molecule has 2 aromatic heterocycles. The maximum Gasteiger partial charge on any atom is 0.290 e. The summed E-state index contributed by atoms with van der Waals surface area (Å²) in [6, 6.07) is 9.45. The third-order valence-corrected chi connectivity index (χ3v) is 4.51. The number of carbonyl (C=O) groups excluding carboxylic acids is 1. The highest BCUT2D eigenvalue weighted by molar-refractivity contribution is 6.00. The summed E-state index contributed by atoms with van der Waals surface area (Å²) in [5, 5.41) is 12.5. The lowest BCUT2D eigenvalue weighted by molar-refractivity contribution is 0.0822. The first kappa shape index (κ1) is 20.7. The first-order valence-electron chi connectivity index (χ1n) is 9.13. The summed E-state index contributed by atoms with van der Waals surface area (Å²) in [5.41, 5.74) is 6.26. The van der Waals surface area contributed by atoms with E-state index >= 15 is 0 Å². The van der Waals surface area contributed by atoms with Crippen LogP contribution < -0.4 is 27.5 Å². The number of benzene rings is 1. The van der Waals surface area contributed by atoms with Crippen LogP contribution in [0.15, 0.2) is 39.9 Å². The molecule has 11 heteroatoms. The van der Waals surface area contributed by atoms with E-state index in [0.29, 0.717) is 6.54 Å². The molecule has 0 unspecified atom stereocenters. The van der Waals surface area contributed by atoms with Gasteiger partial charge < -0.3 is 21.3 Å². The largest absolute Gasteiger partial charge is 0.394 e. The number of amides is 1. The zero-order valence-electron chi connectivity index (χ0n) is 17.2. The van der Waals surface area contributed by atoms with Gasteiger partial charge in [0.1, 0.15) is 17.1 Å². The Hall–Kier alpha value is -4.02. The minimum Gasteiger partial charge on any atom is -0.394 e. The van der Waals surface area contributed by atoms with Crippen molar-refractivity contribution >= 4 is 28.8 Å². The number of hydrogen-bond acceptors (Lipinski definition) is 7. The van der Waals surface area contributed by atoms with Gasteiger partial charge >= 0.3 is 0 Å². The SMILES string of the molecule is CN(C)C(=O)c1nn(C)c(Nc2c(NCc3ccccc3)c(=O)n(C)[nH]c2=O)c1N. The van der Waals surface area contributed by atoms with Crippen molar-refractivity contribution in [3.63, 3.8) is 0 Å². The second kappa shape index (κ2) is 8.15. The Kier molecular flexibility index (Phi) is 5.63. The lowest BCUT2D eigenvalue weighted by Crippen LogP contribution is -2.32. The number of H-pyrrole nitrogens is 1. The fourth-order valence-electron chi connectivity index (χ4n) is 2.89. The van der Waals surface area contributed by atoms with Crippen molar-refractivity contribution in [3.8, 4) is 0 Å². The fraction of sp³-hybridized carbons (Fsp3) is 0.263. The normalized spacial score (nSPS) is 10.7. The van der Waals surface area contributed by atoms with Gasteiger partial charge in [-0.25, -0.2) is 4.68 Å². The van der Waals surface area contributed by atoms with Crippen LogP contribution in [0.3, 0.4) is 0 Å². The number of carbonyl (C=O) groups is 1. The lowest BCUT2D eigenvalue weighted by atomic mass is 10.2. The van der Waals surface area contributed by atoms with E-state index in [2.05, 4.69) is 20.8 Å². The summed E-state index contributed by atoms with van der Waals surface area (Å²) in [4.78, 5) is 39.0. The van der Waals surface area contributed by atoms with Gasteiger partial charge in [-0.3, -0.25) is 24.2 Å². The van der Waals surface area contributed by atoms with Crippen LogP contribution in [0.4, 0.5) is 22.9 Å². The molecule has 0 fully saturated rings. The molecule has 0 aliphatic rings. The van der Waals surface area contributed by atoms with Gasteiger partial charge in [0.25, 0.3) is 17.0 Å². The van der Waals surface area contributed by atoms with E-state index in [1.807, 2.05) is 30.3 Å². The number of hydrogen-bond donors (Lipinski definition) is 4. The number of nitrogens with one attached hydrogen (secondary N) is 3. The Labute approximate surface area is 172 Å². The molecular weight excluding hydrogens is 388 g/mol. The Morgan fingerprint density at radius 2 is 1.83 bits per heavy atom. The van der Waals surface area contributed by atoms with Gasteiger partial charge in [0, 0.05) is 34.7 Å². The molecule has 30 heavy (non-hydrogen) atoms. The zero-order chi connectivity index (χ0) is 22.0. The maximum absolute atomic E-state index is 12.7. The second-order valence-corrected chi connectivity index (χ2v) is 6.95. The van der Waals surface area contributed by atoms with E-state index < -0.39 is 11.1 Å². The Morgan fingerprint density at radius 1 is 1.17 bits per heavy atom. The molecule has 1 amide bonds. The van der Waals surface area contributed by atoms with Crippen LogP contribution in [0.1, 0.15) is 16.1 Å². The monoisotopic (exact) mass is 412 g/mol. The lowest BCUT2D eigenvalue weighted by Gasteiger charge is -2.14. The van der Waals surface area contributed by atoms with Crippen LogP contribution in [0, 0.1) is 0 Å². The number of aryl methyl sites for hydroxylation is 2. The molecule has 1 aromatic carbocycles. The molecular formula is C19H24N8O3. The number of nitrogen functional groups attached to an aromatic ring is 1. The van der Waals surface area contributed by atoms with Crippen molar-refractivity contribution in [2.75, 3.05) is 30.5 Å². The van der Waals surface area contributed by atoms with Gasteiger partial charge in [-0.15, -0.1) is 0 Å². The van der Waals surface area contributed by atoms with E-state index in [1.54, 1.807) is 21.1 Å². The van der Waals surface area contributed by atoms with E-state index in [0.717, 1.165) is 10.2 Å². The van der Waals surface area contributed by atoms with Gasteiger partial charge in [-0.2, -0.15) is 5.10 Å². The third-order valence-electron chi connectivity index (χ3n) is 4.51. The molecule has 3 aromatic rings. The molecule has 0 bridgehead atoms. The van der Waals surface area contributed by atoms with Crippen molar-refractivity contribution < 1.29 is 4.79 Å². The van der Waals surface area contributed by atoms with E-state index in [1.165, 1.54) is 16.6 Å². The minimum atomic E-state index is -0.534. The fourth-order valence-corrected chi connectivity index (χ4v) is 2.89. The predicted octanol–water partition coefficient (Wildman–Crippen LogP) is 0.447. The predicted molar refractivity (Wildman–Crippen MR) is 115 cm³/mol. The van der Waals surface area contributed by atoms with Crippen LogP contribution in [0.2, 0.25) is 0 Å². The first-order chi connectivity index (χ1) is 14.2. The highest BCUT2D eigenvalue weighted by atomic mass is 16.2. The average Bonchev–Trinajstić information content (AvgIpc) is 2.99. The van der Waals surface area contributed by atoms with Crippen LogP contribution >= 0.6 is 0 Å². The molecule has 0 spiro atoms. The summed E-state index contributed by atoms with van der Waals surface area (Å²) < 4.78 is 2.44. The summed E-state index contributed by atoms with van der Waals surface area (Å²) >= 11 is 0. The highest BCUT2D eigenvalue weighted by Gasteiger charge is 2.23. The summed E-state index contributed by atoms with van der Waals surface area (Å²) in [6.07, 6.45) is 0. The first-order valence-corrected chi connectivity index (χ1v) is 9.13. The molecule has 0 saturated heterocycles. The van der Waals surface area contributed by atoms with Gasteiger partial charge in [0.05, 0.1) is 0 Å². The van der Waals surface area contributed by atoms with Crippen LogP contribution in [-0.4, -0.2) is 44.5 Å². The van der Waals surface area contributed by atoms with Gasteiger partial charge in [0.2, 0.25) is 0 Å². The van der Waals surface area contributed by atoms with E-state index in [9.17, 15) is 14.4 Å². The Balaban J connectivity index is 2.03. The summed E-state index contributed by atoms with van der Waals surface area (Å²) in [7, 11) is 6.20. The second-order valence-electron chi connectivity index (χ2n) is 6.95. The number of anilines is 4. The molecule has 158 valence electrons. The molecule has 0 aliphatic heterocycles. The smallest absolute Gasteiger partial charge is 0.290 e. The third kappa shape index (κ3) is 3.90. The van der Waals surface area contributed by atoms with Crippen molar-refractivity contribution in [3.05, 3.63) is 62.3 Å². The Morgan fingerprint density at radius 3 is 2.47 bits per heavy atom. The minimum absolute atomic E-state index is 0.0208. The molecule has 0 atom stereocenters. The molecule has 5 N–H and O–H groups in total. The summed E-state index contributed by atoms with van der Waals surface area (Å²) in [5.74, 6) is -0.154. The standard InChI is InChI=1S/C19H24N8O3/c1-25(2)18(29)13-12(20)16(26(3)23-13)22-14-15(19(30)27(4)24-17(14)28)21-10-11-8-6-5-7-9-11/h5-9,21-22H,10,20H2,1-4H3,(H,24,28). The van der Waals surface area contributed by atoms with E-state index in [-0.39, 0.29) is 34.5 Å².